The van der Waals surface area contributed by atoms with Crippen LogP contribution in [0.1, 0.15) is 24.1 Å². The van der Waals surface area contributed by atoms with Crippen LogP contribution in [0.2, 0.25) is 0 Å². The molecular formula is C28H27N3O4S. The number of amides is 1. The van der Waals surface area contributed by atoms with Gasteiger partial charge in [-0.25, -0.2) is 9.79 Å². The van der Waals surface area contributed by atoms with Crippen molar-refractivity contribution in [2.45, 2.75) is 13.0 Å². The summed E-state index contributed by atoms with van der Waals surface area (Å²) in [6.07, 6.45) is 0. The summed E-state index contributed by atoms with van der Waals surface area (Å²) < 4.78 is 10.6. The van der Waals surface area contributed by atoms with Gasteiger partial charge in [-0.2, -0.15) is 0 Å². The predicted molar refractivity (Wildman–Crippen MR) is 144 cm³/mol. The fraction of sp³-hybridized carbons (Fsp3) is 0.179. The van der Waals surface area contributed by atoms with Crippen molar-refractivity contribution in [2.75, 3.05) is 24.8 Å². The number of hydrogen-bond donors (Lipinski definition) is 2. The van der Waals surface area contributed by atoms with Crippen molar-refractivity contribution in [1.29, 1.82) is 0 Å². The smallest absolute Gasteiger partial charge is 0.338 e. The van der Waals surface area contributed by atoms with Crippen molar-refractivity contribution in [3.05, 3.63) is 102 Å². The lowest BCUT2D eigenvalue weighted by atomic mass is 9.94. The fourth-order valence-corrected chi connectivity index (χ4v) is 4.43. The second-order valence-electron chi connectivity index (χ2n) is 7.81. The number of methoxy groups -OCH3 is 1. The van der Waals surface area contributed by atoms with Gasteiger partial charge < -0.3 is 20.1 Å². The van der Waals surface area contributed by atoms with Crippen LogP contribution in [0.25, 0.3) is 5.70 Å². The molecule has 1 amide bonds. The van der Waals surface area contributed by atoms with Crippen LogP contribution in [0.15, 0.2) is 95.5 Å². The van der Waals surface area contributed by atoms with Gasteiger partial charge in [0.25, 0.3) is 0 Å². The Labute approximate surface area is 214 Å². The van der Waals surface area contributed by atoms with Crippen LogP contribution >= 0.6 is 11.8 Å². The van der Waals surface area contributed by atoms with Crippen molar-refractivity contribution < 1.29 is 19.1 Å². The SMILES string of the molecule is CCOC(=O)C1=C(c2ccccc2)NC(SCC(=O)Nc2ccc(OC)cc2)=N[C@H]1c1ccccc1. The van der Waals surface area contributed by atoms with Gasteiger partial charge in [0.1, 0.15) is 11.8 Å². The predicted octanol–water partition coefficient (Wildman–Crippen LogP) is 5.04. The molecule has 3 aromatic carbocycles. The summed E-state index contributed by atoms with van der Waals surface area (Å²) >= 11 is 1.27. The van der Waals surface area contributed by atoms with Crippen molar-refractivity contribution in [3.8, 4) is 5.75 Å². The summed E-state index contributed by atoms with van der Waals surface area (Å²) in [5, 5.41) is 6.71. The van der Waals surface area contributed by atoms with Crippen molar-refractivity contribution in [2.24, 2.45) is 4.99 Å². The second kappa shape index (κ2) is 12.1. The first kappa shape index (κ1) is 25.1. The molecule has 0 unspecified atom stereocenters. The van der Waals surface area contributed by atoms with Gasteiger partial charge in [-0.05, 0) is 42.3 Å². The lowest BCUT2D eigenvalue weighted by molar-refractivity contribution is -0.138. The molecule has 184 valence electrons. The first-order chi connectivity index (χ1) is 17.6. The second-order valence-corrected chi connectivity index (χ2v) is 8.78. The van der Waals surface area contributed by atoms with E-state index < -0.39 is 12.0 Å². The van der Waals surface area contributed by atoms with E-state index in [1.807, 2.05) is 60.7 Å². The van der Waals surface area contributed by atoms with Gasteiger partial charge in [-0.1, -0.05) is 72.4 Å². The number of hydrogen-bond acceptors (Lipinski definition) is 7. The number of carbonyl (C=O) groups excluding carboxylic acids is 2. The zero-order valence-electron chi connectivity index (χ0n) is 20.1. The van der Waals surface area contributed by atoms with Gasteiger partial charge in [0.2, 0.25) is 5.91 Å². The van der Waals surface area contributed by atoms with Crippen molar-refractivity contribution >= 4 is 40.2 Å². The Morgan fingerprint density at radius 2 is 1.64 bits per heavy atom. The molecule has 0 saturated heterocycles. The minimum absolute atomic E-state index is 0.135. The lowest BCUT2D eigenvalue weighted by Crippen LogP contribution is -2.31. The van der Waals surface area contributed by atoms with E-state index in [1.165, 1.54) is 11.8 Å². The average Bonchev–Trinajstić information content (AvgIpc) is 2.93. The van der Waals surface area contributed by atoms with E-state index in [1.54, 1.807) is 38.3 Å². The van der Waals surface area contributed by atoms with E-state index in [9.17, 15) is 9.59 Å². The Morgan fingerprint density at radius 1 is 0.972 bits per heavy atom. The number of anilines is 1. The first-order valence-electron chi connectivity index (χ1n) is 11.5. The Bertz CT molecular complexity index is 1260. The number of esters is 1. The Balaban J connectivity index is 1.60. The number of amidine groups is 1. The molecule has 36 heavy (non-hydrogen) atoms. The monoisotopic (exact) mass is 501 g/mol. The molecule has 7 nitrogen and oxygen atoms in total. The molecule has 0 spiro atoms. The molecule has 1 atom stereocenters. The normalized spacial score (nSPS) is 14.9. The maximum atomic E-state index is 13.1. The molecule has 0 radical (unpaired) electrons. The standard InChI is InChI=1S/C28H27N3O4S/c1-3-35-27(33)24-25(19-10-6-4-7-11-19)30-28(31-26(24)20-12-8-5-9-13-20)36-18-23(32)29-21-14-16-22(34-2)17-15-21/h4-17,25H,3,18H2,1-2H3,(H,29,32)(H,30,31)/t25-/m0/s1. The molecule has 3 aromatic rings. The number of benzene rings is 3. The highest BCUT2D eigenvalue weighted by molar-refractivity contribution is 8.14. The molecule has 2 N–H and O–H groups in total. The van der Waals surface area contributed by atoms with Crippen molar-refractivity contribution in [1.82, 2.24) is 5.32 Å². The molecule has 1 aliphatic rings. The van der Waals surface area contributed by atoms with Crippen LogP contribution in [0, 0.1) is 0 Å². The fourth-order valence-electron chi connectivity index (χ4n) is 3.74. The summed E-state index contributed by atoms with van der Waals surface area (Å²) in [4.78, 5) is 30.6. The topological polar surface area (TPSA) is 89.0 Å². The number of aliphatic imine (C=N–C) groups is 1. The van der Waals surface area contributed by atoms with Gasteiger partial charge >= 0.3 is 5.97 Å². The largest absolute Gasteiger partial charge is 0.497 e. The third-order valence-corrected chi connectivity index (χ3v) is 6.30. The van der Waals surface area contributed by atoms with Crippen LogP contribution in [0.3, 0.4) is 0 Å². The van der Waals surface area contributed by atoms with Gasteiger partial charge in [-0.15, -0.1) is 0 Å². The van der Waals surface area contributed by atoms with Crippen LogP contribution in [-0.4, -0.2) is 36.5 Å². The minimum atomic E-state index is -0.575. The zero-order valence-corrected chi connectivity index (χ0v) is 20.9. The molecule has 0 bridgehead atoms. The van der Waals surface area contributed by atoms with Crippen molar-refractivity contribution in [3.63, 3.8) is 0 Å². The summed E-state index contributed by atoms with van der Waals surface area (Å²) in [6, 6.07) is 25.7. The molecule has 0 aromatic heterocycles. The Kier molecular flexibility index (Phi) is 8.41. The summed E-state index contributed by atoms with van der Waals surface area (Å²) in [6.45, 7) is 2.03. The third-order valence-electron chi connectivity index (χ3n) is 5.41. The van der Waals surface area contributed by atoms with E-state index >= 15 is 0 Å². The number of nitrogens with one attached hydrogen (secondary N) is 2. The van der Waals surface area contributed by atoms with Crippen LogP contribution in [-0.2, 0) is 14.3 Å². The van der Waals surface area contributed by atoms with Crippen LogP contribution in [0.5, 0.6) is 5.75 Å². The molecular weight excluding hydrogens is 474 g/mol. The quantitative estimate of drug-likeness (QED) is 0.421. The van der Waals surface area contributed by atoms with Crippen LogP contribution < -0.4 is 15.4 Å². The van der Waals surface area contributed by atoms with E-state index in [2.05, 4.69) is 10.6 Å². The lowest BCUT2D eigenvalue weighted by Gasteiger charge is -2.27. The Hall–Kier alpha value is -4.04. The highest BCUT2D eigenvalue weighted by Crippen LogP contribution is 2.36. The van der Waals surface area contributed by atoms with E-state index in [0.29, 0.717) is 27.9 Å². The zero-order chi connectivity index (χ0) is 25.3. The minimum Gasteiger partial charge on any atom is -0.497 e. The van der Waals surface area contributed by atoms with Gasteiger partial charge in [0, 0.05) is 5.69 Å². The number of rotatable bonds is 8. The van der Waals surface area contributed by atoms with Gasteiger partial charge in [-0.3, -0.25) is 4.79 Å². The van der Waals surface area contributed by atoms with E-state index in [0.717, 1.165) is 11.1 Å². The molecule has 1 aliphatic heterocycles. The molecule has 0 fully saturated rings. The maximum Gasteiger partial charge on any atom is 0.338 e. The van der Waals surface area contributed by atoms with Crippen LogP contribution in [0.4, 0.5) is 5.69 Å². The van der Waals surface area contributed by atoms with Gasteiger partial charge in [0.05, 0.1) is 30.7 Å². The first-order valence-corrected chi connectivity index (χ1v) is 12.5. The number of thioether (sulfide) groups is 1. The van der Waals surface area contributed by atoms with Gasteiger partial charge in [0.15, 0.2) is 5.17 Å². The molecule has 8 heteroatoms. The number of carbonyl (C=O) groups is 2. The molecule has 0 saturated carbocycles. The number of nitrogens with zero attached hydrogens (tertiary/aromatic N) is 1. The Morgan fingerprint density at radius 3 is 2.28 bits per heavy atom. The third kappa shape index (κ3) is 6.14. The average molecular weight is 502 g/mol. The van der Waals surface area contributed by atoms with E-state index in [-0.39, 0.29) is 18.3 Å². The van der Waals surface area contributed by atoms with E-state index in [4.69, 9.17) is 14.5 Å². The summed E-state index contributed by atoms with van der Waals surface area (Å²) in [5.41, 5.74) is 3.42. The molecule has 4 rings (SSSR count). The summed E-state index contributed by atoms with van der Waals surface area (Å²) in [7, 11) is 1.59. The molecule has 0 aliphatic carbocycles. The molecule has 1 heterocycles. The highest BCUT2D eigenvalue weighted by atomic mass is 32.2. The maximum absolute atomic E-state index is 13.1. The summed E-state index contributed by atoms with van der Waals surface area (Å²) in [5.74, 6) is 0.249. The number of ether oxygens (including phenoxy) is 2. The highest BCUT2D eigenvalue weighted by Gasteiger charge is 2.32.